The fraction of sp³-hybridized carbons (Fsp3) is 0.393. The van der Waals surface area contributed by atoms with E-state index in [1.807, 2.05) is 50.2 Å². The smallest absolute Gasteiger partial charge is 0.322 e. The number of benzene rings is 2. The van der Waals surface area contributed by atoms with Crippen LogP contribution in [-0.4, -0.2) is 46.9 Å². The van der Waals surface area contributed by atoms with E-state index >= 15 is 0 Å². The van der Waals surface area contributed by atoms with Gasteiger partial charge in [0.2, 0.25) is 5.82 Å². The van der Waals surface area contributed by atoms with Gasteiger partial charge in [0.1, 0.15) is 5.75 Å². The number of allylic oxidation sites excluding steroid dienone is 1. The minimum absolute atomic E-state index is 0.0179. The maximum atomic E-state index is 13.2. The number of aromatic nitrogens is 2. The normalized spacial score (nSPS) is 20.1. The number of urea groups is 1. The molecule has 0 saturated carbocycles. The van der Waals surface area contributed by atoms with Crippen molar-refractivity contribution < 1.29 is 18.8 Å². The van der Waals surface area contributed by atoms with Crippen molar-refractivity contribution >= 4 is 11.6 Å². The fourth-order valence-corrected chi connectivity index (χ4v) is 4.78. The first-order valence-corrected chi connectivity index (χ1v) is 12.6. The summed E-state index contributed by atoms with van der Waals surface area (Å²) in [6.45, 7) is 7.81. The summed E-state index contributed by atoms with van der Waals surface area (Å²) in [5.41, 5.74) is 4.60. The lowest BCUT2D eigenvalue weighted by atomic mass is 9.94. The minimum atomic E-state index is -0.440. The molecule has 1 fully saturated rings. The molecule has 0 spiro atoms. The second-order valence-corrected chi connectivity index (χ2v) is 9.10. The van der Waals surface area contributed by atoms with E-state index in [0.29, 0.717) is 24.9 Å². The molecule has 188 valence electrons. The minimum Gasteiger partial charge on any atom is -0.494 e. The lowest BCUT2D eigenvalue weighted by Gasteiger charge is -2.36. The van der Waals surface area contributed by atoms with E-state index in [0.717, 1.165) is 54.0 Å². The topological polar surface area (TPSA) is 89.7 Å². The Hall–Kier alpha value is -3.65. The highest BCUT2D eigenvalue weighted by molar-refractivity contribution is 5.87. The van der Waals surface area contributed by atoms with E-state index in [9.17, 15) is 4.79 Å². The number of rotatable bonds is 8. The molecule has 3 heterocycles. The first-order valence-electron chi connectivity index (χ1n) is 12.6. The molecule has 0 aliphatic carbocycles. The van der Waals surface area contributed by atoms with E-state index in [1.54, 1.807) is 4.90 Å². The largest absolute Gasteiger partial charge is 0.494 e. The molecular formula is C28H32N4O4. The van der Waals surface area contributed by atoms with Crippen LogP contribution < -0.4 is 10.1 Å². The van der Waals surface area contributed by atoms with Crippen LogP contribution >= 0.6 is 0 Å². The zero-order valence-corrected chi connectivity index (χ0v) is 21.0. The van der Waals surface area contributed by atoms with Crippen molar-refractivity contribution in [3.63, 3.8) is 0 Å². The molecule has 8 heteroatoms. The third kappa shape index (κ3) is 4.86. The van der Waals surface area contributed by atoms with Crippen molar-refractivity contribution in [1.82, 2.24) is 20.4 Å². The Morgan fingerprint density at radius 2 is 1.89 bits per heavy atom. The number of carbonyl (C=O) groups is 1. The Labute approximate surface area is 211 Å². The Bertz CT molecular complexity index is 1230. The lowest BCUT2D eigenvalue weighted by molar-refractivity contribution is 0.0877. The van der Waals surface area contributed by atoms with Crippen LogP contribution in [0.15, 0.2) is 58.8 Å². The third-order valence-corrected chi connectivity index (χ3v) is 6.81. The van der Waals surface area contributed by atoms with Crippen LogP contribution in [0.4, 0.5) is 4.79 Å². The van der Waals surface area contributed by atoms with E-state index in [1.165, 1.54) is 5.56 Å². The highest BCUT2D eigenvalue weighted by Gasteiger charge is 2.37. The monoisotopic (exact) mass is 488 g/mol. The summed E-state index contributed by atoms with van der Waals surface area (Å²) in [4.78, 5) is 19.7. The molecule has 5 rings (SSSR count). The van der Waals surface area contributed by atoms with Crippen LogP contribution in [0, 0.1) is 0 Å². The number of hydrogen-bond donors (Lipinski definition) is 1. The van der Waals surface area contributed by atoms with Crippen molar-refractivity contribution in [1.29, 1.82) is 0 Å². The Morgan fingerprint density at radius 3 is 2.56 bits per heavy atom. The molecular weight excluding hydrogens is 456 g/mol. The summed E-state index contributed by atoms with van der Waals surface area (Å²) < 4.78 is 17.2. The van der Waals surface area contributed by atoms with Gasteiger partial charge in [0.15, 0.2) is 0 Å². The highest BCUT2D eigenvalue weighted by atomic mass is 16.5. The van der Waals surface area contributed by atoms with Crippen LogP contribution in [0.25, 0.3) is 17.0 Å². The summed E-state index contributed by atoms with van der Waals surface area (Å²) in [5, 5.41) is 7.43. The van der Waals surface area contributed by atoms with Crippen molar-refractivity contribution in [2.24, 2.45) is 0 Å². The molecule has 2 aromatic carbocycles. The molecule has 1 saturated heterocycles. The van der Waals surface area contributed by atoms with Gasteiger partial charge < -0.3 is 19.3 Å². The maximum absolute atomic E-state index is 13.2. The second-order valence-electron chi connectivity index (χ2n) is 9.10. The van der Waals surface area contributed by atoms with Crippen LogP contribution in [0.3, 0.4) is 0 Å². The molecule has 0 bridgehead atoms. The van der Waals surface area contributed by atoms with Crippen LogP contribution in [0.1, 0.15) is 56.7 Å². The summed E-state index contributed by atoms with van der Waals surface area (Å²) in [6, 6.07) is 15.3. The van der Waals surface area contributed by atoms with Gasteiger partial charge in [0.25, 0.3) is 5.89 Å². The first kappa shape index (κ1) is 24.1. The molecule has 2 aliphatic heterocycles. The Morgan fingerprint density at radius 1 is 1.11 bits per heavy atom. The summed E-state index contributed by atoms with van der Waals surface area (Å²) in [6.07, 6.45) is 2.93. The molecule has 3 aromatic rings. The Balaban J connectivity index is 1.53. The van der Waals surface area contributed by atoms with Gasteiger partial charge in [0.05, 0.1) is 30.9 Å². The van der Waals surface area contributed by atoms with Gasteiger partial charge >= 0.3 is 6.03 Å². The number of amides is 2. The molecule has 8 nitrogen and oxygen atoms in total. The number of carbonyl (C=O) groups excluding carboxylic acids is 1. The number of aryl methyl sites for hydroxylation is 1. The van der Waals surface area contributed by atoms with Crippen LogP contribution in [0.2, 0.25) is 0 Å². The lowest BCUT2D eigenvalue weighted by Crippen LogP contribution is -2.48. The van der Waals surface area contributed by atoms with Crippen molar-refractivity contribution in [3.05, 3.63) is 71.2 Å². The van der Waals surface area contributed by atoms with Crippen molar-refractivity contribution in [2.75, 3.05) is 19.8 Å². The molecule has 2 amide bonds. The highest BCUT2D eigenvalue weighted by Crippen LogP contribution is 2.38. The van der Waals surface area contributed by atoms with Gasteiger partial charge in [-0.3, -0.25) is 4.90 Å². The van der Waals surface area contributed by atoms with Gasteiger partial charge in [-0.1, -0.05) is 48.5 Å². The SMILES string of the molecule is CCOc1ccc(C2NC(=O)N(CC3CCCO3)C(C)=C2c2nc(-c3ccc(CC)cc3)no2)cc1. The van der Waals surface area contributed by atoms with Gasteiger partial charge in [-0.2, -0.15) is 4.98 Å². The maximum Gasteiger partial charge on any atom is 0.322 e. The summed E-state index contributed by atoms with van der Waals surface area (Å²) >= 11 is 0. The van der Waals surface area contributed by atoms with Crippen LogP contribution in [0.5, 0.6) is 5.75 Å². The van der Waals surface area contributed by atoms with E-state index < -0.39 is 6.04 Å². The predicted molar refractivity (Wildman–Crippen MR) is 136 cm³/mol. The van der Waals surface area contributed by atoms with Crippen molar-refractivity contribution in [3.8, 4) is 17.1 Å². The quantitative estimate of drug-likeness (QED) is 0.458. The van der Waals surface area contributed by atoms with E-state index in [4.69, 9.17) is 19.0 Å². The van der Waals surface area contributed by atoms with Gasteiger partial charge in [0, 0.05) is 17.9 Å². The van der Waals surface area contributed by atoms with Gasteiger partial charge in [-0.25, -0.2) is 4.79 Å². The Kier molecular flexibility index (Phi) is 7.04. The average molecular weight is 489 g/mol. The molecule has 0 radical (unpaired) electrons. The van der Waals surface area contributed by atoms with E-state index in [-0.39, 0.29) is 12.1 Å². The number of nitrogens with one attached hydrogen (secondary N) is 1. The third-order valence-electron chi connectivity index (χ3n) is 6.81. The van der Waals surface area contributed by atoms with E-state index in [2.05, 4.69) is 29.5 Å². The molecule has 1 N–H and O–H groups in total. The molecule has 2 unspecified atom stereocenters. The van der Waals surface area contributed by atoms with Gasteiger partial charge in [-0.05, 0) is 56.4 Å². The molecule has 1 aromatic heterocycles. The fourth-order valence-electron chi connectivity index (χ4n) is 4.78. The van der Waals surface area contributed by atoms with Crippen LogP contribution in [-0.2, 0) is 11.2 Å². The predicted octanol–water partition coefficient (Wildman–Crippen LogP) is 5.37. The summed E-state index contributed by atoms with van der Waals surface area (Å²) in [5.74, 6) is 1.68. The first-order chi connectivity index (χ1) is 17.6. The molecule has 36 heavy (non-hydrogen) atoms. The zero-order chi connectivity index (χ0) is 25.1. The zero-order valence-electron chi connectivity index (χ0n) is 21.0. The molecule has 2 atom stereocenters. The second kappa shape index (κ2) is 10.5. The number of nitrogens with zero attached hydrogens (tertiary/aromatic N) is 3. The van der Waals surface area contributed by atoms with Gasteiger partial charge in [-0.15, -0.1) is 0 Å². The standard InChI is InChI=1S/C28H32N4O4/c1-4-19-8-10-21(11-9-19)26-30-27(36-31-26)24-18(3)32(17-23-7-6-16-35-23)28(33)29-25(24)20-12-14-22(15-13-20)34-5-2/h8-15,23,25H,4-7,16-17H2,1-3H3,(H,29,33). The summed E-state index contributed by atoms with van der Waals surface area (Å²) in [7, 11) is 0. The number of ether oxygens (including phenoxy) is 2. The molecule has 2 aliphatic rings. The van der Waals surface area contributed by atoms with Crippen molar-refractivity contribution in [2.45, 2.75) is 52.2 Å². The average Bonchev–Trinajstić information content (AvgIpc) is 3.60. The number of hydrogen-bond acceptors (Lipinski definition) is 6.